The van der Waals surface area contributed by atoms with Gasteiger partial charge in [-0.3, -0.25) is 4.79 Å². The molecule has 0 aliphatic heterocycles. The highest BCUT2D eigenvalue weighted by Crippen LogP contribution is 2.50. The van der Waals surface area contributed by atoms with Crippen molar-refractivity contribution in [3.05, 3.63) is 18.7 Å². The number of alkyl halides is 2. The average Bonchev–Trinajstić information content (AvgIpc) is 3.13. The van der Waals surface area contributed by atoms with Crippen molar-refractivity contribution in [3.8, 4) is 0 Å². The molecule has 3 rings (SSSR count). The summed E-state index contributed by atoms with van der Waals surface area (Å²) in [6.07, 6.45) is 7.31. The Morgan fingerprint density at radius 2 is 2.21 bits per heavy atom. The average molecular weight is 269 g/mol. The molecule has 4 nitrogen and oxygen atoms in total. The maximum atomic E-state index is 12.7. The van der Waals surface area contributed by atoms with Gasteiger partial charge in [0.1, 0.15) is 0 Å². The molecule has 1 atom stereocenters. The van der Waals surface area contributed by atoms with E-state index >= 15 is 0 Å². The first-order valence-electron chi connectivity index (χ1n) is 6.59. The highest BCUT2D eigenvalue weighted by molar-refractivity contribution is 5.76. The lowest BCUT2D eigenvalue weighted by Crippen LogP contribution is -2.32. The third-order valence-corrected chi connectivity index (χ3v) is 4.08. The van der Waals surface area contributed by atoms with Crippen LogP contribution in [-0.2, 0) is 11.3 Å². The standard InChI is InChI=1S/C13H17F2N3O/c14-13(15)6-10(13)5-11(19)17-7-12(1-2-12)8-18-4-3-16-9-18/h3-4,9-10H,1-2,5-8H2,(H,17,19). The molecule has 0 aromatic carbocycles. The van der Waals surface area contributed by atoms with E-state index in [0.717, 1.165) is 19.4 Å². The predicted octanol–water partition coefficient (Wildman–Crippen LogP) is 1.82. The smallest absolute Gasteiger partial charge is 0.252 e. The van der Waals surface area contributed by atoms with Crippen LogP contribution in [0, 0.1) is 11.3 Å². The lowest BCUT2D eigenvalue weighted by Gasteiger charge is -2.16. The summed E-state index contributed by atoms with van der Waals surface area (Å²) in [4.78, 5) is 15.6. The summed E-state index contributed by atoms with van der Waals surface area (Å²) in [6.45, 7) is 1.40. The Morgan fingerprint density at radius 3 is 2.74 bits per heavy atom. The number of rotatable bonds is 6. The fourth-order valence-corrected chi connectivity index (χ4v) is 2.41. The molecule has 0 saturated heterocycles. The molecular weight excluding hydrogens is 252 g/mol. The Labute approximate surface area is 110 Å². The van der Waals surface area contributed by atoms with Crippen LogP contribution in [0.3, 0.4) is 0 Å². The van der Waals surface area contributed by atoms with Crippen LogP contribution in [0.2, 0.25) is 0 Å². The zero-order chi connectivity index (χ0) is 13.5. The van der Waals surface area contributed by atoms with E-state index in [1.54, 1.807) is 12.5 Å². The minimum absolute atomic E-state index is 0.0475. The minimum Gasteiger partial charge on any atom is -0.355 e. The summed E-state index contributed by atoms with van der Waals surface area (Å²) in [5.74, 6) is -3.60. The van der Waals surface area contributed by atoms with Crippen molar-refractivity contribution in [1.29, 1.82) is 0 Å². The Hall–Kier alpha value is -1.46. The third kappa shape index (κ3) is 2.93. The zero-order valence-corrected chi connectivity index (χ0v) is 10.6. The lowest BCUT2D eigenvalue weighted by molar-refractivity contribution is -0.122. The summed E-state index contributed by atoms with van der Waals surface area (Å²) in [6, 6.07) is 0. The van der Waals surface area contributed by atoms with Gasteiger partial charge in [0.05, 0.1) is 6.33 Å². The number of hydrogen-bond acceptors (Lipinski definition) is 2. The van der Waals surface area contributed by atoms with Crippen molar-refractivity contribution in [2.24, 2.45) is 11.3 Å². The Bertz CT molecular complexity index is 468. The second-order valence-electron chi connectivity index (χ2n) is 5.88. The number of nitrogens with one attached hydrogen (secondary N) is 1. The number of carbonyl (C=O) groups is 1. The molecule has 2 saturated carbocycles. The van der Waals surface area contributed by atoms with Gasteiger partial charge in [-0.2, -0.15) is 0 Å². The van der Waals surface area contributed by atoms with Gasteiger partial charge in [-0.1, -0.05) is 0 Å². The molecule has 0 spiro atoms. The Balaban J connectivity index is 1.43. The first-order valence-corrected chi connectivity index (χ1v) is 6.59. The SMILES string of the molecule is O=C(CC1CC1(F)F)NCC1(Cn2ccnc2)CC1. The summed E-state index contributed by atoms with van der Waals surface area (Å²) >= 11 is 0. The first kappa shape index (κ1) is 12.6. The van der Waals surface area contributed by atoms with Crippen LogP contribution in [0.1, 0.15) is 25.7 Å². The predicted molar refractivity (Wildman–Crippen MR) is 64.6 cm³/mol. The fourth-order valence-electron chi connectivity index (χ4n) is 2.41. The van der Waals surface area contributed by atoms with Gasteiger partial charge >= 0.3 is 0 Å². The zero-order valence-electron chi connectivity index (χ0n) is 10.6. The number of hydrogen-bond donors (Lipinski definition) is 1. The van der Waals surface area contributed by atoms with Crippen molar-refractivity contribution in [1.82, 2.24) is 14.9 Å². The molecule has 1 aromatic heterocycles. The molecule has 1 unspecified atom stereocenters. The quantitative estimate of drug-likeness (QED) is 0.856. The normalized spacial score (nSPS) is 25.9. The molecule has 104 valence electrons. The molecule has 19 heavy (non-hydrogen) atoms. The number of amides is 1. The van der Waals surface area contributed by atoms with Crippen LogP contribution in [0.15, 0.2) is 18.7 Å². The summed E-state index contributed by atoms with van der Waals surface area (Å²) in [7, 11) is 0. The maximum absolute atomic E-state index is 12.7. The number of nitrogens with zero attached hydrogens (tertiary/aromatic N) is 2. The van der Waals surface area contributed by atoms with Crippen LogP contribution >= 0.6 is 0 Å². The molecule has 2 aliphatic rings. The number of carbonyl (C=O) groups excluding carboxylic acids is 1. The van der Waals surface area contributed by atoms with Crippen LogP contribution in [0.5, 0.6) is 0 Å². The molecule has 2 aliphatic carbocycles. The van der Waals surface area contributed by atoms with Gasteiger partial charge in [0.25, 0.3) is 5.92 Å². The van der Waals surface area contributed by atoms with Crippen LogP contribution in [-0.4, -0.2) is 27.9 Å². The minimum atomic E-state index is -2.61. The van der Waals surface area contributed by atoms with Gasteiger partial charge in [0, 0.05) is 49.7 Å². The number of aromatic nitrogens is 2. The third-order valence-electron chi connectivity index (χ3n) is 4.08. The van der Waals surface area contributed by atoms with E-state index in [4.69, 9.17) is 0 Å². The van der Waals surface area contributed by atoms with Crippen molar-refractivity contribution in [2.45, 2.75) is 38.2 Å². The highest BCUT2D eigenvalue weighted by Gasteiger charge is 2.57. The van der Waals surface area contributed by atoms with Crippen molar-refractivity contribution in [3.63, 3.8) is 0 Å². The van der Waals surface area contributed by atoms with E-state index in [1.807, 2.05) is 10.8 Å². The highest BCUT2D eigenvalue weighted by atomic mass is 19.3. The van der Waals surface area contributed by atoms with Crippen LogP contribution in [0.4, 0.5) is 8.78 Å². The van der Waals surface area contributed by atoms with Gasteiger partial charge in [-0.15, -0.1) is 0 Å². The largest absolute Gasteiger partial charge is 0.355 e. The molecular formula is C13H17F2N3O. The van der Waals surface area contributed by atoms with E-state index < -0.39 is 11.8 Å². The molecule has 1 N–H and O–H groups in total. The Morgan fingerprint density at radius 1 is 1.47 bits per heavy atom. The Kier molecular flexibility index (Phi) is 2.83. The van der Waals surface area contributed by atoms with Gasteiger partial charge in [0.2, 0.25) is 5.91 Å². The maximum Gasteiger partial charge on any atom is 0.252 e. The summed E-state index contributed by atoms with van der Waals surface area (Å²) < 4.78 is 27.4. The number of halogens is 2. The summed E-state index contributed by atoms with van der Waals surface area (Å²) in [5.41, 5.74) is 0.0996. The monoisotopic (exact) mass is 269 g/mol. The van der Waals surface area contributed by atoms with Crippen LogP contribution in [0.25, 0.3) is 0 Å². The second kappa shape index (κ2) is 4.28. The van der Waals surface area contributed by atoms with Crippen LogP contribution < -0.4 is 5.32 Å². The van der Waals surface area contributed by atoms with Crippen molar-refractivity contribution in [2.75, 3.05) is 6.54 Å². The van der Waals surface area contributed by atoms with E-state index in [1.165, 1.54) is 0 Å². The lowest BCUT2D eigenvalue weighted by atomic mass is 10.1. The van der Waals surface area contributed by atoms with E-state index in [0.29, 0.717) is 6.54 Å². The molecule has 2 fully saturated rings. The van der Waals surface area contributed by atoms with Crippen molar-refractivity contribution >= 4 is 5.91 Å². The van der Waals surface area contributed by atoms with E-state index in [-0.39, 0.29) is 24.2 Å². The summed E-state index contributed by atoms with van der Waals surface area (Å²) in [5, 5.41) is 2.80. The number of imidazole rings is 1. The molecule has 0 bridgehead atoms. The van der Waals surface area contributed by atoms with Gasteiger partial charge < -0.3 is 9.88 Å². The molecule has 1 heterocycles. The van der Waals surface area contributed by atoms with E-state index in [2.05, 4.69) is 10.3 Å². The van der Waals surface area contributed by atoms with Gasteiger partial charge in [-0.05, 0) is 12.8 Å². The molecule has 1 aromatic rings. The fraction of sp³-hybridized carbons (Fsp3) is 0.692. The first-order chi connectivity index (χ1) is 8.99. The molecule has 0 radical (unpaired) electrons. The molecule has 1 amide bonds. The van der Waals surface area contributed by atoms with Crippen molar-refractivity contribution < 1.29 is 13.6 Å². The second-order valence-corrected chi connectivity index (χ2v) is 5.88. The van der Waals surface area contributed by atoms with E-state index in [9.17, 15) is 13.6 Å². The van der Waals surface area contributed by atoms with Gasteiger partial charge in [-0.25, -0.2) is 13.8 Å². The molecule has 6 heteroatoms. The van der Waals surface area contributed by atoms with Gasteiger partial charge in [0.15, 0.2) is 0 Å². The topological polar surface area (TPSA) is 46.9 Å².